The minimum absolute atomic E-state index is 0.189. The predicted octanol–water partition coefficient (Wildman–Crippen LogP) is 2.07. The van der Waals surface area contributed by atoms with Crippen LogP contribution >= 0.6 is 11.6 Å². The van der Waals surface area contributed by atoms with Crippen LogP contribution in [-0.2, 0) is 4.79 Å². The minimum atomic E-state index is -1.48. The van der Waals surface area contributed by atoms with E-state index in [-0.39, 0.29) is 10.6 Å². The number of carboxylic acid groups (broad SMARTS) is 1. The van der Waals surface area contributed by atoms with E-state index in [4.69, 9.17) is 16.7 Å². The number of rotatable bonds is 3. The van der Waals surface area contributed by atoms with Crippen molar-refractivity contribution < 1.29 is 19.1 Å². The second-order valence-corrected chi connectivity index (χ2v) is 4.39. The Bertz CT molecular complexity index is 474. The van der Waals surface area contributed by atoms with Gasteiger partial charge in [0.25, 0.3) is 5.91 Å². The van der Waals surface area contributed by atoms with E-state index in [1.807, 2.05) is 0 Å². The lowest BCUT2D eigenvalue weighted by Gasteiger charge is -2.21. The summed E-state index contributed by atoms with van der Waals surface area (Å²) in [5.74, 6) is -2.90. The molecular formula is C11H11ClFNO3. The Morgan fingerprint density at radius 2 is 2.00 bits per heavy atom. The van der Waals surface area contributed by atoms with Gasteiger partial charge < -0.3 is 10.4 Å². The quantitative estimate of drug-likeness (QED) is 0.873. The summed E-state index contributed by atoms with van der Waals surface area (Å²) >= 11 is 5.52. The summed E-state index contributed by atoms with van der Waals surface area (Å²) in [6.07, 6.45) is 0. The van der Waals surface area contributed by atoms with E-state index in [9.17, 15) is 14.0 Å². The van der Waals surface area contributed by atoms with Crippen molar-refractivity contribution in [3.8, 4) is 0 Å². The molecular weight excluding hydrogens is 249 g/mol. The summed E-state index contributed by atoms with van der Waals surface area (Å²) in [5, 5.41) is 10.8. The Hall–Kier alpha value is -1.62. The normalized spacial score (nSPS) is 11.1. The maximum Gasteiger partial charge on any atom is 0.328 e. The third-order valence-corrected chi connectivity index (χ3v) is 2.45. The van der Waals surface area contributed by atoms with E-state index >= 15 is 0 Å². The number of hydrogen-bond acceptors (Lipinski definition) is 2. The monoisotopic (exact) mass is 259 g/mol. The molecule has 0 spiro atoms. The van der Waals surface area contributed by atoms with Crippen LogP contribution in [0.2, 0.25) is 5.02 Å². The summed E-state index contributed by atoms with van der Waals surface area (Å²) < 4.78 is 13.5. The topological polar surface area (TPSA) is 66.4 Å². The smallest absolute Gasteiger partial charge is 0.328 e. The largest absolute Gasteiger partial charge is 0.480 e. The van der Waals surface area contributed by atoms with E-state index in [1.165, 1.54) is 32.0 Å². The minimum Gasteiger partial charge on any atom is -0.480 e. The Kier molecular flexibility index (Phi) is 3.72. The molecule has 17 heavy (non-hydrogen) atoms. The van der Waals surface area contributed by atoms with Crippen LogP contribution in [0.15, 0.2) is 18.2 Å². The number of carboxylic acids is 1. The molecule has 0 radical (unpaired) electrons. The van der Waals surface area contributed by atoms with Crippen LogP contribution in [0.3, 0.4) is 0 Å². The van der Waals surface area contributed by atoms with Gasteiger partial charge >= 0.3 is 5.97 Å². The van der Waals surface area contributed by atoms with E-state index in [0.717, 1.165) is 0 Å². The Morgan fingerprint density at radius 3 is 2.53 bits per heavy atom. The molecule has 1 rings (SSSR count). The van der Waals surface area contributed by atoms with Gasteiger partial charge in [-0.25, -0.2) is 9.18 Å². The maximum atomic E-state index is 13.5. The van der Waals surface area contributed by atoms with Gasteiger partial charge in [-0.05, 0) is 26.0 Å². The van der Waals surface area contributed by atoms with Crippen molar-refractivity contribution in [2.75, 3.05) is 0 Å². The molecule has 0 atom stereocenters. The van der Waals surface area contributed by atoms with Crippen LogP contribution in [0.5, 0.6) is 0 Å². The second-order valence-electron chi connectivity index (χ2n) is 3.99. The van der Waals surface area contributed by atoms with Gasteiger partial charge in [0.15, 0.2) is 5.82 Å². The summed E-state index contributed by atoms with van der Waals surface area (Å²) in [7, 11) is 0. The predicted molar refractivity (Wildman–Crippen MR) is 60.6 cm³/mol. The third-order valence-electron chi connectivity index (χ3n) is 2.16. The summed E-state index contributed by atoms with van der Waals surface area (Å²) in [4.78, 5) is 22.5. The average molecular weight is 260 g/mol. The number of hydrogen-bond donors (Lipinski definition) is 2. The number of nitrogens with one attached hydrogen (secondary N) is 1. The molecule has 0 saturated heterocycles. The molecule has 1 aromatic carbocycles. The van der Waals surface area contributed by atoms with Gasteiger partial charge in [-0.1, -0.05) is 17.7 Å². The molecule has 0 heterocycles. The van der Waals surface area contributed by atoms with Gasteiger partial charge in [-0.2, -0.15) is 0 Å². The number of halogens is 2. The lowest BCUT2D eigenvalue weighted by atomic mass is 10.1. The van der Waals surface area contributed by atoms with Crippen molar-refractivity contribution in [3.63, 3.8) is 0 Å². The van der Waals surface area contributed by atoms with Gasteiger partial charge in [0.2, 0.25) is 0 Å². The van der Waals surface area contributed by atoms with Crippen LogP contribution in [0.4, 0.5) is 4.39 Å². The van der Waals surface area contributed by atoms with Crippen molar-refractivity contribution in [1.29, 1.82) is 0 Å². The first-order valence-electron chi connectivity index (χ1n) is 4.75. The van der Waals surface area contributed by atoms with Gasteiger partial charge in [0.05, 0.1) is 10.6 Å². The van der Waals surface area contributed by atoms with Crippen molar-refractivity contribution in [3.05, 3.63) is 34.6 Å². The van der Waals surface area contributed by atoms with Crippen molar-refractivity contribution in [1.82, 2.24) is 5.32 Å². The fourth-order valence-corrected chi connectivity index (χ4v) is 1.26. The lowest BCUT2D eigenvalue weighted by molar-refractivity contribution is -0.143. The molecule has 0 aliphatic heterocycles. The van der Waals surface area contributed by atoms with E-state index < -0.39 is 23.2 Å². The molecule has 92 valence electrons. The fraction of sp³-hybridized carbons (Fsp3) is 0.273. The first-order valence-corrected chi connectivity index (χ1v) is 5.13. The second kappa shape index (κ2) is 4.71. The Morgan fingerprint density at radius 1 is 1.41 bits per heavy atom. The zero-order valence-corrected chi connectivity index (χ0v) is 10.0. The molecule has 0 fully saturated rings. The van der Waals surface area contributed by atoms with Crippen LogP contribution in [0, 0.1) is 5.82 Å². The van der Waals surface area contributed by atoms with E-state index in [1.54, 1.807) is 0 Å². The Balaban J connectivity index is 2.99. The average Bonchev–Trinajstić information content (AvgIpc) is 2.21. The molecule has 0 unspecified atom stereocenters. The third kappa shape index (κ3) is 2.94. The molecule has 4 nitrogen and oxygen atoms in total. The fourth-order valence-electron chi connectivity index (χ4n) is 1.08. The maximum absolute atomic E-state index is 13.5. The van der Waals surface area contributed by atoms with Gasteiger partial charge in [-0.3, -0.25) is 4.79 Å². The standard InChI is InChI=1S/C11H11ClFNO3/c1-11(2,10(16)17)14-9(15)6-4-3-5-7(12)8(6)13/h3-5H,1-2H3,(H,14,15)(H,16,17). The summed E-state index contributed by atoms with van der Waals surface area (Å²) in [6, 6.07) is 3.94. The molecule has 0 bridgehead atoms. The van der Waals surface area contributed by atoms with Crippen LogP contribution in [0.25, 0.3) is 0 Å². The number of carbonyl (C=O) groups is 2. The first-order chi connectivity index (χ1) is 7.75. The number of amides is 1. The lowest BCUT2D eigenvalue weighted by Crippen LogP contribution is -2.49. The highest BCUT2D eigenvalue weighted by Crippen LogP contribution is 2.18. The van der Waals surface area contributed by atoms with Gasteiger partial charge in [-0.15, -0.1) is 0 Å². The number of aliphatic carboxylic acids is 1. The SMILES string of the molecule is CC(C)(NC(=O)c1cccc(Cl)c1F)C(=O)O. The highest BCUT2D eigenvalue weighted by Gasteiger charge is 2.30. The van der Waals surface area contributed by atoms with E-state index in [2.05, 4.69) is 5.32 Å². The summed E-state index contributed by atoms with van der Waals surface area (Å²) in [6.45, 7) is 2.60. The van der Waals surface area contributed by atoms with Crippen LogP contribution < -0.4 is 5.32 Å². The number of carbonyl (C=O) groups excluding carboxylic acids is 1. The van der Waals surface area contributed by atoms with Crippen LogP contribution in [-0.4, -0.2) is 22.5 Å². The Labute approximate surface area is 102 Å². The highest BCUT2D eigenvalue weighted by molar-refractivity contribution is 6.31. The van der Waals surface area contributed by atoms with Crippen molar-refractivity contribution in [2.45, 2.75) is 19.4 Å². The zero-order valence-electron chi connectivity index (χ0n) is 9.25. The van der Waals surface area contributed by atoms with Gasteiger partial charge in [0.1, 0.15) is 5.54 Å². The summed E-state index contributed by atoms with van der Waals surface area (Å²) in [5.41, 5.74) is -1.77. The molecule has 6 heteroatoms. The highest BCUT2D eigenvalue weighted by atomic mass is 35.5. The molecule has 2 N–H and O–H groups in total. The van der Waals surface area contributed by atoms with Crippen molar-refractivity contribution >= 4 is 23.5 Å². The molecule has 0 aliphatic carbocycles. The molecule has 1 amide bonds. The molecule has 0 saturated carbocycles. The molecule has 1 aromatic rings. The number of benzene rings is 1. The first kappa shape index (κ1) is 13.4. The van der Waals surface area contributed by atoms with Crippen LogP contribution in [0.1, 0.15) is 24.2 Å². The molecule has 0 aliphatic rings. The van der Waals surface area contributed by atoms with Gasteiger partial charge in [0, 0.05) is 0 Å². The molecule has 0 aromatic heterocycles. The van der Waals surface area contributed by atoms with E-state index in [0.29, 0.717) is 0 Å². The zero-order chi connectivity index (χ0) is 13.2. The van der Waals surface area contributed by atoms with Crippen molar-refractivity contribution in [2.24, 2.45) is 0 Å².